The van der Waals surface area contributed by atoms with E-state index in [0.29, 0.717) is 43.5 Å². The third-order valence-electron chi connectivity index (χ3n) is 8.23. The van der Waals surface area contributed by atoms with Crippen LogP contribution in [0.5, 0.6) is 5.75 Å². The van der Waals surface area contributed by atoms with Crippen LogP contribution < -0.4 is 10.1 Å². The minimum atomic E-state index is -4.42. The zero-order valence-electron chi connectivity index (χ0n) is 26.1. The van der Waals surface area contributed by atoms with Gasteiger partial charge in [-0.15, -0.1) is 11.3 Å². The highest BCUT2D eigenvalue weighted by Crippen LogP contribution is 2.30. The molecule has 2 heterocycles. The van der Waals surface area contributed by atoms with Crippen molar-refractivity contribution in [2.24, 2.45) is 0 Å². The molecular formula is C36H41F3N4O2S. The van der Waals surface area contributed by atoms with Crippen molar-refractivity contribution in [3.63, 3.8) is 0 Å². The highest BCUT2D eigenvalue weighted by molar-refractivity contribution is 7.09. The van der Waals surface area contributed by atoms with Crippen LogP contribution in [0.15, 0.2) is 84.2 Å². The number of alkyl halides is 3. The van der Waals surface area contributed by atoms with Gasteiger partial charge in [-0.25, -0.2) is 4.98 Å². The molecule has 1 saturated heterocycles. The predicted octanol–water partition coefficient (Wildman–Crippen LogP) is 7.94. The molecule has 244 valence electrons. The van der Waals surface area contributed by atoms with Crippen molar-refractivity contribution in [2.45, 2.75) is 71.1 Å². The van der Waals surface area contributed by atoms with Gasteiger partial charge < -0.3 is 15.0 Å². The summed E-state index contributed by atoms with van der Waals surface area (Å²) in [6.07, 6.45) is 0.215. The Morgan fingerprint density at radius 1 is 0.978 bits per heavy atom. The summed E-state index contributed by atoms with van der Waals surface area (Å²) < 4.78 is 46.2. The molecule has 46 heavy (non-hydrogen) atoms. The van der Waals surface area contributed by atoms with Crippen LogP contribution >= 0.6 is 11.3 Å². The third kappa shape index (κ3) is 10.1. The molecule has 6 nitrogen and oxygen atoms in total. The summed E-state index contributed by atoms with van der Waals surface area (Å²) in [6, 6.07) is 23.6. The van der Waals surface area contributed by atoms with Crippen LogP contribution in [0.4, 0.5) is 13.2 Å². The van der Waals surface area contributed by atoms with Crippen molar-refractivity contribution >= 4 is 17.2 Å². The first-order chi connectivity index (χ1) is 22.2. The van der Waals surface area contributed by atoms with Gasteiger partial charge in [0.2, 0.25) is 0 Å². The lowest BCUT2D eigenvalue weighted by molar-refractivity contribution is -0.137. The number of thiazole rings is 1. The molecule has 0 saturated carbocycles. The number of halogens is 3. The van der Waals surface area contributed by atoms with Gasteiger partial charge in [0.25, 0.3) is 5.91 Å². The van der Waals surface area contributed by atoms with Gasteiger partial charge in [-0.1, -0.05) is 67.1 Å². The highest BCUT2D eigenvalue weighted by Gasteiger charge is 2.30. The summed E-state index contributed by atoms with van der Waals surface area (Å²) in [4.78, 5) is 22.0. The number of nitrogens with zero attached hydrogens (tertiary/aromatic N) is 3. The van der Waals surface area contributed by atoms with Crippen LogP contribution in [-0.4, -0.2) is 46.4 Å². The minimum absolute atomic E-state index is 0.204. The molecule has 1 fully saturated rings. The van der Waals surface area contributed by atoms with Gasteiger partial charge in [0.15, 0.2) is 0 Å². The number of aromatic nitrogens is 1. The minimum Gasteiger partial charge on any atom is -0.489 e. The van der Waals surface area contributed by atoms with Crippen molar-refractivity contribution in [1.29, 1.82) is 0 Å². The summed E-state index contributed by atoms with van der Waals surface area (Å²) in [5.74, 6) is 0.530. The Kier molecular flexibility index (Phi) is 11.8. The summed E-state index contributed by atoms with van der Waals surface area (Å²) >= 11 is 1.38. The summed E-state index contributed by atoms with van der Waals surface area (Å²) in [6.45, 7) is 6.54. The monoisotopic (exact) mass is 650 g/mol. The summed E-state index contributed by atoms with van der Waals surface area (Å²) in [7, 11) is 0. The molecule has 0 radical (unpaired) electrons. The molecular weight excluding hydrogens is 609 g/mol. The second-order valence-corrected chi connectivity index (χ2v) is 12.8. The number of likely N-dealkylation sites (tertiary alicyclic amines) is 1. The van der Waals surface area contributed by atoms with Crippen molar-refractivity contribution in [2.75, 3.05) is 19.6 Å². The number of benzene rings is 3. The summed E-state index contributed by atoms with van der Waals surface area (Å²) in [5.41, 5.74) is 2.30. The Hall–Kier alpha value is -3.73. The van der Waals surface area contributed by atoms with Gasteiger partial charge in [0.05, 0.1) is 12.1 Å². The van der Waals surface area contributed by atoms with Gasteiger partial charge in [-0.05, 0) is 67.6 Å². The van der Waals surface area contributed by atoms with Crippen LogP contribution in [0.25, 0.3) is 0 Å². The van der Waals surface area contributed by atoms with Crippen molar-refractivity contribution < 1.29 is 22.7 Å². The van der Waals surface area contributed by atoms with E-state index in [9.17, 15) is 18.0 Å². The largest absolute Gasteiger partial charge is 0.489 e. The van der Waals surface area contributed by atoms with E-state index in [2.05, 4.69) is 22.1 Å². The van der Waals surface area contributed by atoms with E-state index < -0.39 is 11.7 Å². The molecule has 1 amide bonds. The van der Waals surface area contributed by atoms with Crippen molar-refractivity contribution in [3.8, 4) is 5.75 Å². The van der Waals surface area contributed by atoms with E-state index in [0.717, 1.165) is 47.5 Å². The Labute approximate surface area is 273 Å². The Morgan fingerprint density at radius 2 is 1.74 bits per heavy atom. The first-order valence-electron chi connectivity index (χ1n) is 15.8. The smallest absolute Gasteiger partial charge is 0.416 e. The Morgan fingerprint density at radius 3 is 2.50 bits per heavy atom. The first-order valence-corrected chi connectivity index (χ1v) is 16.7. The van der Waals surface area contributed by atoms with E-state index in [1.165, 1.54) is 42.7 Å². The normalized spacial score (nSPS) is 15.6. The summed E-state index contributed by atoms with van der Waals surface area (Å²) in [5, 5.41) is 5.47. The number of carbonyl (C=O) groups is 1. The maximum absolute atomic E-state index is 13.4. The SMILES string of the molecule is CC1CCCCN1CCCNC(=O)c1csc(CN(Cc2ccc(OCc3ccccc3)cc2)Cc2cccc(C(F)(F)F)c2)n1. The number of amides is 1. The molecule has 1 aliphatic heterocycles. The fourth-order valence-corrected chi connectivity index (χ4v) is 6.52. The number of ether oxygens (including phenoxy) is 1. The average Bonchev–Trinajstić information content (AvgIpc) is 3.52. The predicted molar refractivity (Wildman–Crippen MR) is 176 cm³/mol. The highest BCUT2D eigenvalue weighted by atomic mass is 32.1. The van der Waals surface area contributed by atoms with E-state index in [-0.39, 0.29) is 12.5 Å². The van der Waals surface area contributed by atoms with Crippen LogP contribution in [0, 0.1) is 0 Å². The fourth-order valence-electron chi connectivity index (χ4n) is 5.71. The van der Waals surface area contributed by atoms with Gasteiger partial charge in [0.1, 0.15) is 23.1 Å². The lowest BCUT2D eigenvalue weighted by Gasteiger charge is -2.33. The van der Waals surface area contributed by atoms with Crippen LogP contribution in [-0.2, 0) is 32.4 Å². The number of piperidine rings is 1. The molecule has 4 aromatic rings. The maximum Gasteiger partial charge on any atom is 0.416 e. The number of rotatable bonds is 14. The number of nitrogens with one attached hydrogen (secondary N) is 1. The average molecular weight is 651 g/mol. The first kappa shape index (κ1) is 33.6. The van der Waals surface area contributed by atoms with Gasteiger partial charge in [0, 0.05) is 37.6 Å². The standard InChI is InChI=1S/C36H41F3N4O2S/c1-27-9-5-6-19-43(27)20-8-18-40-35(44)33-26-46-34(41-33)24-42(23-30-12-7-13-31(21-30)36(37,38)39)22-28-14-16-32(17-15-28)45-25-29-10-3-2-4-11-29/h2-4,7,10-17,21,26-27H,5-6,8-9,18-20,22-25H2,1H3,(H,40,44). The topological polar surface area (TPSA) is 57.7 Å². The quantitative estimate of drug-likeness (QED) is 0.141. The fraction of sp³-hybridized carbons (Fsp3) is 0.389. The zero-order chi connectivity index (χ0) is 32.4. The molecule has 0 aliphatic carbocycles. The number of carbonyl (C=O) groups excluding carboxylic acids is 1. The maximum atomic E-state index is 13.4. The van der Waals surface area contributed by atoms with Crippen LogP contribution in [0.2, 0.25) is 0 Å². The number of hydrogen-bond acceptors (Lipinski definition) is 6. The molecule has 1 aliphatic rings. The molecule has 10 heteroatoms. The zero-order valence-corrected chi connectivity index (χ0v) is 27.0. The van der Waals surface area contributed by atoms with Gasteiger partial charge >= 0.3 is 6.18 Å². The lowest BCUT2D eigenvalue weighted by atomic mass is 10.0. The van der Waals surface area contributed by atoms with E-state index in [4.69, 9.17) is 4.74 Å². The molecule has 1 aromatic heterocycles. The second-order valence-electron chi connectivity index (χ2n) is 11.9. The molecule has 0 spiro atoms. The second kappa shape index (κ2) is 16.2. The molecule has 1 unspecified atom stereocenters. The third-order valence-corrected chi connectivity index (χ3v) is 9.06. The Balaban J connectivity index is 1.21. The van der Waals surface area contributed by atoms with Crippen molar-refractivity contribution in [3.05, 3.63) is 117 Å². The lowest BCUT2D eigenvalue weighted by Crippen LogP contribution is -2.39. The van der Waals surface area contributed by atoms with Gasteiger partial charge in [-0.2, -0.15) is 13.2 Å². The molecule has 5 rings (SSSR count). The molecule has 1 atom stereocenters. The van der Waals surface area contributed by atoms with Crippen molar-refractivity contribution in [1.82, 2.24) is 20.1 Å². The molecule has 1 N–H and O–H groups in total. The molecule has 3 aromatic carbocycles. The Bertz CT molecular complexity index is 1530. The van der Waals surface area contributed by atoms with E-state index in [1.54, 1.807) is 11.4 Å². The van der Waals surface area contributed by atoms with Crippen LogP contribution in [0.3, 0.4) is 0 Å². The molecule has 0 bridgehead atoms. The van der Waals surface area contributed by atoms with Gasteiger partial charge in [-0.3, -0.25) is 9.69 Å². The van der Waals surface area contributed by atoms with Crippen LogP contribution in [0.1, 0.15) is 70.4 Å². The van der Waals surface area contributed by atoms with E-state index >= 15 is 0 Å². The van der Waals surface area contributed by atoms with E-state index in [1.807, 2.05) is 59.5 Å². The number of hydrogen-bond donors (Lipinski definition) is 1.